The summed E-state index contributed by atoms with van der Waals surface area (Å²) in [5, 5.41) is 8.22. The van der Waals surface area contributed by atoms with Gasteiger partial charge in [-0.2, -0.15) is 0 Å². The van der Waals surface area contributed by atoms with Gasteiger partial charge in [0.2, 0.25) is 11.8 Å². The van der Waals surface area contributed by atoms with Crippen LogP contribution in [0.2, 0.25) is 0 Å². The highest BCUT2D eigenvalue weighted by atomic mass is 16.2. The van der Waals surface area contributed by atoms with Gasteiger partial charge in [0, 0.05) is 13.0 Å². The fraction of sp³-hybridized carbons (Fsp3) is 0.190. The molecule has 28 heavy (non-hydrogen) atoms. The van der Waals surface area contributed by atoms with E-state index in [-0.39, 0.29) is 18.4 Å². The van der Waals surface area contributed by atoms with E-state index in [2.05, 4.69) is 22.5 Å². The van der Waals surface area contributed by atoms with Gasteiger partial charge in [0.25, 0.3) is 0 Å². The lowest BCUT2D eigenvalue weighted by molar-refractivity contribution is -0.122. The Labute approximate surface area is 163 Å². The third-order valence-corrected chi connectivity index (χ3v) is 4.33. The zero-order chi connectivity index (χ0) is 19.9. The van der Waals surface area contributed by atoms with Crippen LogP contribution in [0, 0.1) is 0 Å². The Bertz CT molecular complexity index is 882. The second-order valence-corrected chi connectivity index (χ2v) is 6.38. The molecule has 1 atom stereocenters. The molecule has 2 aromatic carbocycles. The standard InChI is InChI=1S/C21H22N4O3/c1-2-12-22-20(27)17(13-15-8-4-3-5-9-15)24-21(28)25-14-19(26)23-16-10-6-7-11-18(16)25/h2-11,17H,1,12-14H2,(H,22,27)(H,23,26)(H,24,28). The van der Waals surface area contributed by atoms with Crippen molar-refractivity contribution in [2.75, 3.05) is 23.3 Å². The molecule has 7 nitrogen and oxygen atoms in total. The molecule has 1 unspecified atom stereocenters. The monoisotopic (exact) mass is 378 g/mol. The van der Waals surface area contributed by atoms with Gasteiger partial charge in [-0.15, -0.1) is 6.58 Å². The fourth-order valence-electron chi connectivity index (χ4n) is 3.00. The molecule has 2 aromatic rings. The molecule has 3 rings (SSSR count). The van der Waals surface area contributed by atoms with Crippen molar-refractivity contribution in [2.45, 2.75) is 12.5 Å². The van der Waals surface area contributed by atoms with Crippen molar-refractivity contribution in [1.29, 1.82) is 0 Å². The summed E-state index contributed by atoms with van der Waals surface area (Å²) in [7, 11) is 0. The van der Waals surface area contributed by atoms with E-state index in [0.717, 1.165) is 5.56 Å². The first kappa shape index (κ1) is 19.2. The Morgan fingerprint density at radius 2 is 1.86 bits per heavy atom. The number of para-hydroxylation sites is 2. The predicted octanol–water partition coefficient (Wildman–Crippen LogP) is 2.07. The minimum atomic E-state index is -0.785. The largest absolute Gasteiger partial charge is 0.351 e. The van der Waals surface area contributed by atoms with Gasteiger partial charge in [-0.1, -0.05) is 48.5 Å². The first-order valence-electron chi connectivity index (χ1n) is 8.98. The number of amides is 4. The lowest BCUT2D eigenvalue weighted by atomic mass is 10.1. The molecule has 1 aliphatic rings. The number of carbonyl (C=O) groups is 3. The lowest BCUT2D eigenvalue weighted by Gasteiger charge is -2.30. The molecule has 0 saturated carbocycles. The third-order valence-electron chi connectivity index (χ3n) is 4.33. The van der Waals surface area contributed by atoms with E-state index in [0.29, 0.717) is 24.3 Å². The van der Waals surface area contributed by atoms with E-state index in [4.69, 9.17) is 0 Å². The molecule has 1 heterocycles. The van der Waals surface area contributed by atoms with Crippen LogP contribution in [0.15, 0.2) is 67.3 Å². The van der Waals surface area contributed by atoms with Crippen molar-refractivity contribution in [2.24, 2.45) is 0 Å². The van der Waals surface area contributed by atoms with Gasteiger partial charge in [0.15, 0.2) is 0 Å². The van der Waals surface area contributed by atoms with Gasteiger partial charge < -0.3 is 16.0 Å². The maximum absolute atomic E-state index is 12.9. The smallest absolute Gasteiger partial charge is 0.323 e. The van der Waals surface area contributed by atoms with Crippen molar-refractivity contribution in [3.05, 3.63) is 72.8 Å². The van der Waals surface area contributed by atoms with Crippen LogP contribution in [-0.2, 0) is 16.0 Å². The number of hydrogen-bond donors (Lipinski definition) is 3. The van der Waals surface area contributed by atoms with E-state index >= 15 is 0 Å². The van der Waals surface area contributed by atoms with Crippen LogP contribution in [0.5, 0.6) is 0 Å². The van der Waals surface area contributed by atoms with E-state index < -0.39 is 12.1 Å². The van der Waals surface area contributed by atoms with Crippen molar-refractivity contribution < 1.29 is 14.4 Å². The predicted molar refractivity (Wildman–Crippen MR) is 108 cm³/mol. The highest BCUT2D eigenvalue weighted by molar-refractivity contribution is 6.10. The summed E-state index contributed by atoms with van der Waals surface area (Å²) < 4.78 is 0. The molecule has 4 amide bonds. The average Bonchev–Trinajstić information content (AvgIpc) is 2.71. The van der Waals surface area contributed by atoms with Gasteiger partial charge in [-0.3, -0.25) is 14.5 Å². The van der Waals surface area contributed by atoms with E-state index in [9.17, 15) is 14.4 Å². The van der Waals surface area contributed by atoms with E-state index in [1.54, 1.807) is 30.3 Å². The van der Waals surface area contributed by atoms with E-state index in [1.807, 2.05) is 30.3 Å². The quantitative estimate of drug-likeness (QED) is 0.672. The molecule has 7 heteroatoms. The molecule has 0 saturated heterocycles. The summed E-state index contributed by atoms with van der Waals surface area (Å²) in [5.41, 5.74) is 2.06. The van der Waals surface area contributed by atoms with Crippen LogP contribution in [0.3, 0.4) is 0 Å². The number of fused-ring (bicyclic) bond motifs is 1. The summed E-state index contributed by atoms with van der Waals surface area (Å²) in [4.78, 5) is 38.8. The Morgan fingerprint density at radius 3 is 2.61 bits per heavy atom. The number of hydrogen-bond acceptors (Lipinski definition) is 3. The molecular weight excluding hydrogens is 356 g/mol. The molecule has 0 aliphatic carbocycles. The van der Waals surface area contributed by atoms with Gasteiger partial charge in [0.05, 0.1) is 11.4 Å². The van der Waals surface area contributed by atoms with Crippen molar-refractivity contribution in [3.63, 3.8) is 0 Å². The van der Waals surface area contributed by atoms with Crippen molar-refractivity contribution >= 4 is 29.2 Å². The Hall–Kier alpha value is -3.61. The van der Waals surface area contributed by atoms with Crippen LogP contribution < -0.4 is 20.9 Å². The molecule has 0 spiro atoms. The van der Waals surface area contributed by atoms with E-state index in [1.165, 1.54) is 4.90 Å². The van der Waals surface area contributed by atoms with Crippen LogP contribution in [0.1, 0.15) is 5.56 Å². The summed E-state index contributed by atoms with van der Waals surface area (Å²) in [6, 6.07) is 15.2. The van der Waals surface area contributed by atoms with Gasteiger partial charge >= 0.3 is 6.03 Å². The number of anilines is 2. The Morgan fingerprint density at radius 1 is 1.14 bits per heavy atom. The zero-order valence-electron chi connectivity index (χ0n) is 15.4. The third kappa shape index (κ3) is 4.56. The Balaban J connectivity index is 1.79. The number of benzene rings is 2. The Kier molecular flexibility index (Phi) is 6.06. The fourth-order valence-corrected chi connectivity index (χ4v) is 3.00. The second-order valence-electron chi connectivity index (χ2n) is 6.38. The molecule has 144 valence electrons. The number of nitrogens with zero attached hydrogens (tertiary/aromatic N) is 1. The molecule has 3 N–H and O–H groups in total. The van der Waals surface area contributed by atoms with Crippen molar-refractivity contribution in [1.82, 2.24) is 10.6 Å². The van der Waals surface area contributed by atoms with Crippen LogP contribution in [0.25, 0.3) is 0 Å². The maximum Gasteiger partial charge on any atom is 0.323 e. The van der Waals surface area contributed by atoms with Crippen LogP contribution >= 0.6 is 0 Å². The van der Waals surface area contributed by atoms with Gasteiger partial charge in [0.1, 0.15) is 12.6 Å². The van der Waals surface area contributed by atoms with Gasteiger partial charge in [-0.25, -0.2) is 4.79 Å². The summed E-state index contributed by atoms with van der Waals surface area (Å²) in [6.07, 6.45) is 1.90. The number of carbonyl (C=O) groups excluding carboxylic acids is 3. The minimum absolute atomic E-state index is 0.116. The number of rotatable bonds is 6. The highest BCUT2D eigenvalue weighted by Gasteiger charge is 2.29. The summed E-state index contributed by atoms with van der Waals surface area (Å²) >= 11 is 0. The molecule has 1 aliphatic heterocycles. The summed E-state index contributed by atoms with van der Waals surface area (Å²) in [5.74, 6) is -0.601. The molecule has 0 radical (unpaired) electrons. The first-order valence-corrected chi connectivity index (χ1v) is 8.98. The topological polar surface area (TPSA) is 90.5 Å². The maximum atomic E-state index is 12.9. The number of nitrogens with one attached hydrogen (secondary N) is 3. The summed E-state index contributed by atoms with van der Waals surface area (Å²) in [6.45, 7) is 3.77. The lowest BCUT2D eigenvalue weighted by Crippen LogP contribution is -2.54. The van der Waals surface area contributed by atoms with Crippen LogP contribution in [-0.4, -0.2) is 37.0 Å². The number of urea groups is 1. The zero-order valence-corrected chi connectivity index (χ0v) is 15.4. The second kappa shape index (κ2) is 8.85. The molecular formula is C21H22N4O3. The normalized spacial score (nSPS) is 13.7. The first-order chi connectivity index (χ1) is 13.6. The van der Waals surface area contributed by atoms with Crippen LogP contribution in [0.4, 0.5) is 16.2 Å². The molecule has 0 fully saturated rings. The van der Waals surface area contributed by atoms with Gasteiger partial charge in [-0.05, 0) is 17.7 Å². The minimum Gasteiger partial charge on any atom is -0.351 e. The molecule has 0 bridgehead atoms. The van der Waals surface area contributed by atoms with Crippen molar-refractivity contribution in [3.8, 4) is 0 Å². The highest BCUT2D eigenvalue weighted by Crippen LogP contribution is 2.28. The SMILES string of the molecule is C=CCNC(=O)C(Cc1ccccc1)NC(=O)N1CC(=O)Nc2ccccc21. The average molecular weight is 378 g/mol. The molecule has 0 aromatic heterocycles.